The Hall–Kier alpha value is -2.77. The minimum absolute atomic E-state index is 0.0276. The zero-order valence-electron chi connectivity index (χ0n) is 16.2. The van der Waals surface area contributed by atoms with E-state index in [9.17, 15) is 9.18 Å². The molecule has 2 aromatic carbocycles. The number of carbonyl (C=O) groups excluding carboxylic acids is 1. The van der Waals surface area contributed by atoms with Crippen molar-refractivity contribution in [2.24, 2.45) is 0 Å². The van der Waals surface area contributed by atoms with Crippen LogP contribution in [0.5, 0.6) is 5.75 Å². The van der Waals surface area contributed by atoms with E-state index in [1.807, 2.05) is 40.6 Å². The van der Waals surface area contributed by atoms with E-state index in [1.54, 1.807) is 13.2 Å². The maximum atomic E-state index is 13.6. The molecule has 0 N–H and O–H groups in total. The summed E-state index contributed by atoms with van der Waals surface area (Å²) in [5.41, 5.74) is 2.66. The van der Waals surface area contributed by atoms with E-state index in [1.165, 1.54) is 23.5 Å². The molecule has 7 heteroatoms. The lowest BCUT2D eigenvalue weighted by Crippen LogP contribution is -2.48. The summed E-state index contributed by atoms with van der Waals surface area (Å²) in [4.78, 5) is 21.4. The van der Waals surface area contributed by atoms with Gasteiger partial charge in [0.05, 0.1) is 12.8 Å². The standard InChI is InChI=1S/C22H22FN3O2S/c1-28-20-8-7-18(23)13-17(20)14-25-9-11-26(12-10-25)22(27)21-24-19(15-29-21)16-5-3-2-4-6-16/h2-8,13,15H,9-12,14H2,1H3. The molecule has 0 aliphatic carbocycles. The quantitative estimate of drug-likeness (QED) is 0.639. The van der Waals surface area contributed by atoms with Gasteiger partial charge in [0.25, 0.3) is 5.91 Å². The molecule has 0 unspecified atom stereocenters. The van der Waals surface area contributed by atoms with Crippen LogP contribution in [-0.2, 0) is 6.54 Å². The normalized spacial score (nSPS) is 14.8. The summed E-state index contributed by atoms with van der Waals surface area (Å²) in [6.45, 7) is 3.29. The molecule has 150 valence electrons. The third kappa shape index (κ3) is 4.46. The molecule has 1 aliphatic rings. The molecule has 1 saturated heterocycles. The molecule has 5 nitrogen and oxygen atoms in total. The number of thiazole rings is 1. The minimum atomic E-state index is -0.271. The van der Waals surface area contributed by atoms with Crippen molar-refractivity contribution in [1.82, 2.24) is 14.8 Å². The van der Waals surface area contributed by atoms with E-state index >= 15 is 0 Å². The highest BCUT2D eigenvalue weighted by Gasteiger charge is 2.25. The van der Waals surface area contributed by atoms with Crippen molar-refractivity contribution in [3.63, 3.8) is 0 Å². The molecule has 1 fully saturated rings. The zero-order chi connectivity index (χ0) is 20.2. The summed E-state index contributed by atoms with van der Waals surface area (Å²) in [5, 5.41) is 2.44. The van der Waals surface area contributed by atoms with Crippen LogP contribution in [-0.4, -0.2) is 54.0 Å². The first-order valence-corrected chi connectivity index (χ1v) is 10.4. The molecule has 0 atom stereocenters. The summed E-state index contributed by atoms with van der Waals surface area (Å²) >= 11 is 1.38. The minimum Gasteiger partial charge on any atom is -0.496 e. The van der Waals surface area contributed by atoms with E-state index in [-0.39, 0.29) is 11.7 Å². The predicted molar refractivity (Wildman–Crippen MR) is 112 cm³/mol. The van der Waals surface area contributed by atoms with Crippen molar-refractivity contribution < 1.29 is 13.9 Å². The van der Waals surface area contributed by atoms with Crippen molar-refractivity contribution >= 4 is 17.2 Å². The highest BCUT2D eigenvalue weighted by Crippen LogP contribution is 2.24. The number of methoxy groups -OCH3 is 1. The van der Waals surface area contributed by atoms with Crippen molar-refractivity contribution in [2.45, 2.75) is 6.54 Å². The van der Waals surface area contributed by atoms with Gasteiger partial charge in [-0.15, -0.1) is 11.3 Å². The molecule has 1 aliphatic heterocycles. The van der Waals surface area contributed by atoms with E-state index in [2.05, 4.69) is 9.88 Å². The smallest absolute Gasteiger partial charge is 0.282 e. The highest BCUT2D eigenvalue weighted by molar-refractivity contribution is 7.12. The molecule has 1 amide bonds. The summed E-state index contributed by atoms with van der Waals surface area (Å²) < 4.78 is 18.9. The largest absolute Gasteiger partial charge is 0.496 e. The van der Waals surface area contributed by atoms with Crippen LogP contribution in [0.15, 0.2) is 53.9 Å². The Labute approximate surface area is 173 Å². The molecule has 0 spiro atoms. The Balaban J connectivity index is 1.37. The SMILES string of the molecule is COc1ccc(F)cc1CN1CCN(C(=O)c2nc(-c3ccccc3)cs2)CC1. The van der Waals surface area contributed by atoms with Crippen molar-refractivity contribution in [1.29, 1.82) is 0 Å². The molecule has 29 heavy (non-hydrogen) atoms. The number of benzene rings is 2. The molecule has 0 radical (unpaired) electrons. The molecular weight excluding hydrogens is 389 g/mol. The summed E-state index contributed by atoms with van der Waals surface area (Å²) in [6.07, 6.45) is 0. The second kappa shape index (κ2) is 8.71. The fourth-order valence-corrected chi connectivity index (χ4v) is 4.26. The molecule has 3 aromatic rings. The topological polar surface area (TPSA) is 45.7 Å². The monoisotopic (exact) mass is 411 g/mol. The number of hydrogen-bond donors (Lipinski definition) is 0. The first kappa shape index (κ1) is 19.5. The fourth-order valence-electron chi connectivity index (χ4n) is 3.47. The van der Waals surface area contributed by atoms with E-state index < -0.39 is 0 Å². The van der Waals surface area contributed by atoms with Crippen LogP contribution < -0.4 is 4.74 Å². The number of carbonyl (C=O) groups is 1. The Bertz CT molecular complexity index is 985. The van der Waals surface area contributed by atoms with E-state index in [4.69, 9.17) is 4.74 Å². The lowest BCUT2D eigenvalue weighted by atomic mass is 10.1. The maximum absolute atomic E-state index is 13.6. The van der Waals surface area contributed by atoms with Crippen molar-refractivity contribution in [2.75, 3.05) is 33.3 Å². The number of hydrogen-bond acceptors (Lipinski definition) is 5. The highest BCUT2D eigenvalue weighted by atomic mass is 32.1. The second-order valence-corrected chi connectivity index (χ2v) is 7.79. The summed E-state index contributed by atoms with van der Waals surface area (Å²) in [5.74, 6) is 0.383. The summed E-state index contributed by atoms with van der Waals surface area (Å²) in [6, 6.07) is 14.4. The van der Waals surface area contributed by atoms with Crippen LogP contribution in [0.1, 0.15) is 15.4 Å². The number of aromatic nitrogens is 1. The van der Waals surface area contributed by atoms with Crippen LogP contribution in [0.2, 0.25) is 0 Å². The van der Waals surface area contributed by atoms with Gasteiger partial charge in [-0.3, -0.25) is 9.69 Å². The van der Waals surface area contributed by atoms with Gasteiger partial charge < -0.3 is 9.64 Å². The van der Waals surface area contributed by atoms with Gasteiger partial charge >= 0.3 is 0 Å². The first-order valence-electron chi connectivity index (χ1n) is 9.49. The number of nitrogens with zero attached hydrogens (tertiary/aromatic N) is 3. The molecule has 0 saturated carbocycles. The van der Waals surface area contributed by atoms with Crippen LogP contribution in [0.4, 0.5) is 4.39 Å². The van der Waals surface area contributed by atoms with Gasteiger partial charge in [0.1, 0.15) is 11.6 Å². The van der Waals surface area contributed by atoms with Gasteiger partial charge in [0, 0.05) is 49.2 Å². The average molecular weight is 412 g/mol. The average Bonchev–Trinajstić information content (AvgIpc) is 3.25. The van der Waals surface area contributed by atoms with Gasteiger partial charge in [0.2, 0.25) is 0 Å². The third-order valence-corrected chi connectivity index (χ3v) is 5.88. The van der Waals surface area contributed by atoms with E-state index in [0.717, 1.165) is 29.9 Å². The van der Waals surface area contributed by atoms with Gasteiger partial charge in [-0.05, 0) is 18.2 Å². The van der Waals surface area contributed by atoms with Crippen LogP contribution in [0.3, 0.4) is 0 Å². The van der Waals surface area contributed by atoms with Crippen LogP contribution in [0.25, 0.3) is 11.3 Å². The number of rotatable bonds is 5. The number of halogens is 1. The molecule has 4 rings (SSSR count). The summed E-state index contributed by atoms with van der Waals surface area (Å²) in [7, 11) is 1.59. The number of piperazine rings is 1. The van der Waals surface area contributed by atoms with Gasteiger partial charge in [-0.25, -0.2) is 9.37 Å². The van der Waals surface area contributed by atoms with Gasteiger partial charge in [-0.1, -0.05) is 30.3 Å². The van der Waals surface area contributed by atoms with Crippen molar-refractivity contribution in [3.05, 3.63) is 70.3 Å². The van der Waals surface area contributed by atoms with E-state index in [0.29, 0.717) is 30.4 Å². The number of amides is 1. The molecule has 0 bridgehead atoms. The molecule has 2 heterocycles. The lowest BCUT2D eigenvalue weighted by molar-refractivity contribution is 0.0627. The third-order valence-electron chi connectivity index (χ3n) is 5.05. The first-order chi connectivity index (χ1) is 14.1. The zero-order valence-corrected chi connectivity index (χ0v) is 17.0. The predicted octanol–water partition coefficient (Wildman–Crippen LogP) is 3.92. The Morgan fingerprint density at radius 2 is 1.90 bits per heavy atom. The Morgan fingerprint density at radius 3 is 2.62 bits per heavy atom. The maximum Gasteiger partial charge on any atom is 0.282 e. The Kier molecular flexibility index (Phi) is 5.87. The van der Waals surface area contributed by atoms with Crippen LogP contribution in [0, 0.1) is 5.82 Å². The van der Waals surface area contributed by atoms with Crippen molar-refractivity contribution in [3.8, 4) is 17.0 Å². The fraction of sp³-hybridized carbons (Fsp3) is 0.273. The van der Waals surface area contributed by atoms with Crippen LogP contribution >= 0.6 is 11.3 Å². The van der Waals surface area contributed by atoms with Gasteiger partial charge in [0.15, 0.2) is 5.01 Å². The molecular formula is C22H22FN3O2S. The van der Waals surface area contributed by atoms with Gasteiger partial charge in [-0.2, -0.15) is 0 Å². The lowest BCUT2D eigenvalue weighted by Gasteiger charge is -2.34. The Morgan fingerprint density at radius 1 is 1.14 bits per heavy atom. The molecule has 1 aromatic heterocycles. The number of ether oxygens (including phenoxy) is 1. The second-order valence-electron chi connectivity index (χ2n) is 6.93.